The lowest BCUT2D eigenvalue weighted by Crippen LogP contribution is -2.31. The maximum Gasteiger partial charge on any atom is 0.136 e. The van der Waals surface area contributed by atoms with Gasteiger partial charge in [-0.05, 0) is 56.9 Å². The number of fused-ring (bicyclic) bond motifs is 1. The molecule has 0 unspecified atom stereocenters. The fourth-order valence-corrected chi connectivity index (χ4v) is 4.71. The zero-order chi connectivity index (χ0) is 15.2. The van der Waals surface area contributed by atoms with E-state index >= 15 is 0 Å². The van der Waals surface area contributed by atoms with Gasteiger partial charge in [-0.2, -0.15) is 0 Å². The normalized spacial score (nSPS) is 38.2. The van der Waals surface area contributed by atoms with Gasteiger partial charge in [0.2, 0.25) is 0 Å². The van der Waals surface area contributed by atoms with Crippen LogP contribution in [-0.2, 0) is 11.8 Å². The SMILES string of the molecule is CCc1cc([C@]23C[C@H]2CN(CCC2CCC(N)CC2)C3)no1. The number of nitrogens with two attached hydrogens (primary N) is 1. The molecule has 0 bridgehead atoms. The van der Waals surface area contributed by atoms with Gasteiger partial charge in [0.15, 0.2) is 0 Å². The van der Waals surface area contributed by atoms with Crippen molar-refractivity contribution in [2.24, 2.45) is 17.6 Å². The van der Waals surface area contributed by atoms with Crippen molar-refractivity contribution < 1.29 is 4.52 Å². The molecule has 22 heavy (non-hydrogen) atoms. The van der Waals surface area contributed by atoms with Gasteiger partial charge < -0.3 is 15.2 Å². The Kier molecular flexibility index (Phi) is 3.77. The number of rotatable bonds is 5. The minimum Gasteiger partial charge on any atom is -0.361 e. The zero-order valence-corrected chi connectivity index (χ0v) is 13.8. The average Bonchev–Trinajstić information content (AvgIpc) is 2.93. The highest BCUT2D eigenvalue weighted by atomic mass is 16.5. The molecule has 0 aromatic carbocycles. The molecular formula is C18H29N3O. The predicted molar refractivity (Wildman–Crippen MR) is 86.7 cm³/mol. The highest BCUT2D eigenvalue weighted by molar-refractivity contribution is 5.32. The summed E-state index contributed by atoms with van der Waals surface area (Å²) in [4.78, 5) is 2.67. The molecule has 2 heterocycles. The first kappa shape index (κ1) is 14.7. The van der Waals surface area contributed by atoms with Crippen LogP contribution in [0.3, 0.4) is 0 Å². The Morgan fingerprint density at radius 2 is 2.18 bits per heavy atom. The largest absolute Gasteiger partial charge is 0.361 e. The van der Waals surface area contributed by atoms with E-state index in [0.29, 0.717) is 11.5 Å². The fraction of sp³-hybridized carbons (Fsp3) is 0.833. The topological polar surface area (TPSA) is 55.3 Å². The second-order valence-electron chi connectivity index (χ2n) is 7.89. The van der Waals surface area contributed by atoms with E-state index in [4.69, 9.17) is 10.3 Å². The van der Waals surface area contributed by atoms with Gasteiger partial charge in [-0.1, -0.05) is 12.1 Å². The number of hydrogen-bond donors (Lipinski definition) is 1. The lowest BCUT2D eigenvalue weighted by atomic mass is 9.84. The Hall–Kier alpha value is -0.870. The highest BCUT2D eigenvalue weighted by Crippen LogP contribution is 2.58. The molecule has 2 saturated carbocycles. The quantitative estimate of drug-likeness (QED) is 0.908. The Bertz CT molecular complexity index is 520. The van der Waals surface area contributed by atoms with E-state index < -0.39 is 0 Å². The molecule has 4 heteroatoms. The third kappa shape index (κ3) is 2.61. The van der Waals surface area contributed by atoms with Gasteiger partial charge in [0.25, 0.3) is 0 Å². The summed E-state index contributed by atoms with van der Waals surface area (Å²) in [5.74, 6) is 2.76. The molecular weight excluding hydrogens is 274 g/mol. The number of hydrogen-bond acceptors (Lipinski definition) is 4. The van der Waals surface area contributed by atoms with Crippen molar-refractivity contribution in [2.75, 3.05) is 19.6 Å². The van der Waals surface area contributed by atoms with Gasteiger partial charge in [0, 0.05) is 37.0 Å². The summed E-state index contributed by atoms with van der Waals surface area (Å²) >= 11 is 0. The van der Waals surface area contributed by atoms with E-state index in [1.807, 2.05) is 0 Å². The lowest BCUT2D eigenvalue weighted by Gasteiger charge is -2.28. The zero-order valence-electron chi connectivity index (χ0n) is 13.8. The summed E-state index contributed by atoms with van der Waals surface area (Å²) in [6.07, 6.45) is 8.76. The van der Waals surface area contributed by atoms with E-state index in [9.17, 15) is 0 Å². The molecule has 1 aromatic rings. The Balaban J connectivity index is 1.30. The summed E-state index contributed by atoms with van der Waals surface area (Å²) in [7, 11) is 0. The minimum atomic E-state index is 0.339. The van der Waals surface area contributed by atoms with E-state index in [2.05, 4.69) is 23.0 Å². The first-order chi connectivity index (χ1) is 10.7. The molecule has 1 aromatic heterocycles. The monoisotopic (exact) mass is 303 g/mol. The van der Waals surface area contributed by atoms with Gasteiger partial charge in [0.05, 0.1) is 5.69 Å². The van der Waals surface area contributed by atoms with Crippen LogP contribution in [-0.4, -0.2) is 35.7 Å². The molecule has 2 atom stereocenters. The number of aryl methyl sites for hydroxylation is 1. The van der Waals surface area contributed by atoms with Gasteiger partial charge in [-0.25, -0.2) is 0 Å². The van der Waals surface area contributed by atoms with Gasteiger partial charge in [-0.3, -0.25) is 0 Å². The van der Waals surface area contributed by atoms with Crippen LogP contribution in [0.5, 0.6) is 0 Å². The van der Waals surface area contributed by atoms with Crippen molar-refractivity contribution in [3.05, 3.63) is 17.5 Å². The first-order valence-electron chi connectivity index (χ1n) is 9.13. The van der Waals surface area contributed by atoms with Crippen molar-refractivity contribution in [3.63, 3.8) is 0 Å². The van der Waals surface area contributed by atoms with Crippen molar-refractivity contribution >= 4 is 0 Å². The second-order valence-corrected chi connectivity index (χ2v) is 7.89. The molecule has 0 amide bonds. The number of piperidine rings is 1. The molecule has 3 fully saturated rings. The molecule has 0 radical (unpaired) electrons. The highest BCUT2D eigenvalue weighted by Gasteiger charge is 2.62. The summed E-state index contributed by atoms with van der Waals surface area (Å²) in [6.45, 7) is 5.85. The van der Waals surface area contributed by atoms with Gasteiger partial charge in [-0.15, -0.1) is 0 Å². The smallest absolute Gasteiger partial charge is 0.136 e. The van der Waals surface area contributed by atoms with Crippen LogP contribution in [0.1, 0.15) is 56.9 Å². The Morgan fingerprint density at radius 3 is 2.91 bits per heavy atom. The molecule has 0 spiro atoms. The van der Waals surface area contributed by atoms with Crippen molar-refractivity contribution in [1.82, 2.24) is 10.1 Å². The van der Waals surface area contributed by atoms with Crippen LogP contribution in [0.4, 0.5) is 0 Å². The third-order valence-corrected chi connectivity index (χ3v) is 6.38. The summed E-state index contributed by atoms with van der Waals surface area (Å²) in [6, 6.07) is 2.67. The molecule has 4 rings (SSSR count). The van der Waals surface area contributed by atoms with Crippen LogP contribution in [0.25, 0.3) is 0 Å². The molecule has 3 aliphatic rings. The second kappa shape index (κ2) is 5.64. The Labute approximate surface area is 133 Å². The molecule has 2 N–H and O–H groups in total. The predicted octanol–water partition coefficient (Wildman–Crippen LogP) is 2.72. The van der Waals surface area contributed by atoms with Crippen LogP contribution >= 0.6 is 0 Å². The van der Waals surface area contributed by atoms with Crippen molar-refractivity contribution in [2.45, 2.75) is 63.3 Å². The van der Waals surface area contributed by atoms with Crippen molar-refractivity contribution in [1.29, 1.82) is 0 Å². The maximum atomic E-state index is 6.01. The standard InChI is InChI=1S/C18H29N3O/c1-2-16-9-17(20-22-16)18-10-14(18)11-21(12-18)8-7-13-3-5-15(19)6-4-13/h9,13-15H,2-8,10-12,19H2,1H3/t13?,14-,15?,18-/m0/s1. The molecule has 4 nitrogen and oxygen atoms in total. The average molecular weight is 303 g/mol. The van der Waals surface area contributed by atoms with E-state index in [1.165, 1.54) is 63.9 Å². The van der Waals surface area contributed by atoms with Crippen LogP contribution in [0.2, 0.25) is 0 Å². The Morgan fingerprint density at radius 1 is 1.36 bits per heavy atom. The first-order valence-corrected chi connectivity index (χ1v) is 9.13. The van der Waals surface area contributed by atoms with E-state index in [0.717, 1.165) is 24.0 Å². The lowest BCUT2D eigenvalue weighted by molar-refractivity contribution is 0.237. The van der Waals surface area contributed by atoms with E-state index in [1.54, 1.807) is 0 Å². The van der Waals surface area contributed by atoms with Gasteiger partial charge >= 0.3 is 0 Å². The van der Waals surface area contributed by atoms with Crippen LogP contribution < -0.4 is 5.73 Å². The van der Waals surface area contributed by atoms with Crippen molar-refractivity contribution in [3.8, 4) is 0 Å². The number of likely N-dealkylation sites (tertiary alicyclic amines) is 1. The fourth-order valence-electron chi connectivity index (χ4n) is 4.71. The van der Waals surface area contributed by atoms with Crippen LogP contribution in [0.15, 0.2) is 10.6 Å². The molecule has 1 saturated heterocycles. The third-order valence-electron chi connectivity index (χ3n) is 6.38. The summed E-state index contributed by atoms with van der Waals surface area (Å²) in [5.41, 5.74) is 7.57. The molecule has 1 aliphatic heterocycles. The molecule has 2 aliphatic carbocycles. The number of nitrogens with zero attached hydrogens (tertiary/aromatic N) is 2. The maximum absolute atomic E-state index is 6.01. The van der Waals surface area contributed by atoms with E-state index in [-0.39, 0.29) is 0 Å². The summed E-state index contributed by atoms with van der Waals surface area (Å²) < 4.78 is 5.44. The summed E-state index contributed by atoms with van der Waals surface area (Å²) in [5, 5.41) is 4.36. The minimum absolute atomic E-state index is 0.339. The molecule has 122 valence electrons. The van der Waals surface area contributed by atoms with Crippen LogP contribution in [0, 0.1) is 11.8 Å². The number of aromatic nitrogens is 1. The van der Waals surface area contributed by atoms with Gasteiger partial charge in [0.1, 0.15) is 5.76 Å².